The maximum Gasteiger partial charge on any atom is 0.287 e. The molecule has 134 valence electrons. The zero-order valence-corrected chi connectivity index (χ0v) is 15.1. The first-order valence-electron chi connectivity index (χ1n) is 7.78. The lowest BCUT2D eigenvalue weighted by Gasteiger charge is -2.05. The van der Waals surface area contributed by atoms with Gasteiger partial charge in [-0.1, -0.05) is 41.9 Å². The van der Waals surface area contributed by atoms with Crippen LogP contribution < -0.4 is 5.32 Å². The number of rotatable bonds is 6. The molecule has 7 heteroatoms. The van der Waals surface area contributed by atoms with Gasteiger partial charge in [-0.15, -0.1) is 0 Å². The molecule has 26 heavy (non-hydrogen) atoms. The molecule has 3 rings (SSSR count). The van der Waals surface area contributed by atoms with Crippen LogP contribution in [0.3, 0.4) is 0 Å². The summed E-state index contributed by atoms with van der Waals surface area (Å²) in [7, 11) is -1.39. The maximum absolute atomic E-state index is 13.6. The number of benzene rings is 2. The van der Waals surface area contributed by atoms with Gasteiger partial charge in [-0.2, -0.15) is 0 Å². The molecule has 0 saturated carbocycles. The molecule has 0 aliphatic carbocycles. The predicted molar refractivity (Wildman–Crippen MR) is 97.8 cm³/mol. The fourth-order valence-corrected chi connectivity index (χ4v) is 3.80. The van der Waals surface area contributed by atoms with Crippen molar-refractivity contribution in [2.75, 3.05) is 0 Å². The smallest absolute Gasteiger partial charge is 0.287 e. The Morgan fingerprint density at radius 1 is 1.08 bits per heavy atom. The van der Waals surface area contributed by atoms with E-state index in [2.05, 4.69) is 5.32 Å². The quantitative estimate of drug-likeness (QED) is 0.681. The van der Waals surface area contributed by atoms with Crippen LogP contribution in [0.25, 0.3) is 0 Å². The van der Waals surface area contributed by atoms with Crippen molar-refractivity contribution in [3.8, 4) is 0 Å². The first kappa shape index (κ1) is 18.4. The summed E-state index contributed by atoms with van der Waals surface area (Å²) in [5, 5.41) is 3.01. The lowest BCUT2D eigenvalue weighted by atomic mass is 10.2. The Kier molecular flexibility index (Phi) is 5.85. The van der Waals surface area contributed by atoms with Gasteiger partial charge in [0.25, 0.3) is 5.91 Å². The first-order valence-corrected chi connectivity index (χ1v) is 9.47. The van der Waals surface area contributed by atoms with Crippen molar-refractivity contribution in [1.82, 2.24) is 5.32 Å². The molecule has 0 aliphatic heterocycles. The summed E-state index contributed by atoms with van der Waals surface area (Å²) in [4.78, 5) is 12.6. The molecular formula is C19H15ClFNO3S. The molecule has 1 heterocycles. The Labute approximate surface area is 157 Å². The Bertz CT molecular complexity index is 957. The van der Waals surface area contributed by atoms with Crippen molar-refractivity contribution >= 4 is 28.3 Å². The van der Waals surface area contributed by atoms with E-state index in [9.17, 15) is 13.4 Å². The average molecular weight is 392 g/mol. The summed E-state index contributed by atoms with van der Waals surface area (Å²) in [5.41, 5.74) is 0.382. The van der Waals surface area contributed by atoms with Crippen LogP contribution >= 0.6 is 11.6 Å². The van der Waals surface area contributed by atoms with E-state index in [-0.39, 0.29) is 23.9 Å². The monoisotopic (exact) mass is 391 g/mol. The highest BCUT2D eigenvalue weighted by molar-refractivity contribution is 7.84. The lowest BCUT2D eigenvalue weighted by Crippen LogP contribution is -2.22. The first-order chi connectivity index (χ1) is 12.5. The number of furan rings is 1. The Hall–Kier alpha value is -2.44. The summed E-state index contributed by atoms with van der Waals surface area (Å²) in [6.07, 6.45) is 0. The van der Waals surface area contributed by atoms with Crippen molar-refractivity contribution < 1.29 is 17.8 Å². The SMILES string of the molecule is O=C(NCc1ccccc1F)c1ccc(CS(=O)c2ccccc2Cl)o1. The summed E-state index contributed by atoms with van der Waals surface area (Å²) in [5.74, 6) is -0.275. The van der Waals surface area contributed by atoms with Crippen molar-refractivity contribution in [2.45, 2.75) is 17.2 Å². The molecule has 1 atom stereocenters. The van der Waals surface area contributed by atoms with E-state index >= 15 is 0 Å². The lowest BCUT2D eigenvalue weighted by molar-refractivity contribution is 0.0921. The minimum absolute atomic E-state index is 0.0487. The number of nitrogens with one attached hydrogen (secondary N) is 1. The summed E-state index contributed by atoms with van der Waals surface area (Å²) >= 11 is 6.03. The summed E-state index contributed by atoms with van der Waals surface area (Å²) < 4.78 is 31.4. The van der Waals surface area contributed by atoms with Gasteiger partial charge in [0, 0.05) is 12.1 Å². The Morgan fingerprint density at radius 2 is 1.81 bits per heavy atom. The van der Waals surface area contributed by atoms with Crippen LogP contribution in [0, 0.1) is 5.82 Å². The van der Waals surface area contributed by atoms with Gasteiger partial charge in [0.1, 0.15) is 11.6 Å². The number of carbonyl (C=O) groups excluding carboxylic acids is 1. The second kappa shape index (κ2) is 8.29. The molecule has 1 N–H and O–H groups in total. The van der Waals surface area contributed by atoms with Crippen LogP contribution in [-0.4, -0.2) is 10.1 Å². The predicted octanol–water partition coefficient (Wildman–Crippen LogP) is 4.31. The molecule has 0 aliphatic rings. The third kappa shape index (κ3) is 4.39. The largest absolute Gasteiger partial charge is 0.455 e. The van der Waals surface area contributed by atoms with Gasteiger partial charge in [0.2, 0.25) is 0 Å². The van der Waals surface area contributed by atoms with Gasteiger partial charge in [-0.05, 0) is 30.3 Å². The second-order valence-electron chi connectivity index (χ2n) is 5.46. The highest BCUT2D eigenvalue weighted by Gasteiger charge is 2.15. The molecule has 0 radical (unpaired) electrons. The molecule has 0 spiro atoms. The number of carbonyl (C=O) groups is 1. The van der Waals surface area contributed by atoms with Crippen LogP contribution in [-0.2, 0) is 23.1 Å². The van der Waals surface area contributed by atoms with Crippen molar-refractivity contribution in [2.24, 2.45) is 0 Å². The molecule has 2 aromatic carbocycles. The number of halogens is 2. The van der Waals surface area contributed by atoms with Gasteiger partial charge in [-0.3, -0.25) is 9.00 Å². The highest BCUT2D eigenvalue weighted by atomic mass is 35.5. The molecule has 1 amide bonds. The minimum atomic E-state index is -1.39. The third-order valence-corrected chi connectivity index (χ3v) is 5.47. The normalized spacial score (nSPS) is 11.9. The highest BCUT2D eigenvalue weighted by Crippen LogP contribution is 2.22. The van der Waals surface area contributed by atoms with E-state index in [0.717, 1.165) is 0 Å². The van der Waals surface area contributed by atoms with E-state index < -0.39 is 16.7 Å². The zero-order valence-electron chi connectivity index (χ0n) is 13.6. The van der Waals surface area contributed by atoms with Gasteiger partial charge in [0.05, 0.1) is 26.5 Å². The molecule has 0 fully saturated rings. The van der Waals surface area contributed by atoms with Gasteiger partial charge >= 0.3 is 0 Å². The van der Waals surface area contributed by atoms with Crippen LogP contribution in [0.15, 0.2) is 70.0 Å². The molecule has 0 bridgehead atoms. The molecule has 1 unspecified atom stereocenters. The molecule has 0 saturated heterocycles. The Morgan fingerprint density at radius 3 is 2.58 bits per heavy atom. The fourth-order valence-electron chi connectivity index (χ4n) is 2.32. The standard InChI is InChI=1S/C19H15ClFNO3S/c20-15-6-2-4-8-18(15)26(24)12-14-9-10-17(25-14)19(23)22-11-13-5-1-3-7-16(13)21/h1-10H,11-12H2,(H,22,23). The van der Waals surface area contributed by atoms with E-state index in [1.54, 1.807) is 48.5 Å². The average Bonchev–Trinajstić information content (AvgIpc) is 3.09. The van der Waals surface area contributed by atoms with E-state index in [1.807, 2.05) is 0 Å². The number of hydrogen-bond donors (Lipinski definition) is 1. The second-order valence-corrected chi connectivity index (χ2v) is 7.29. The van der Waals surface area contributed by atoms with E-state index in [0.29, 0.717) is 21.2 Å². The van der Waals surface area contributed by atoms with E-state index in [4.69, 9.17) is 16.0 Å². The Balaban J connectivity index is 1.62. The topological polar surface area (TPSA) is 59.3 Å². The molecular weight excluding hydrogens is 377 g/mol. The van der Waals surface area contributed by atoms with Crippen LogP contribution in [0.5, 0.6) is 0 Å². The van der Waals surface area contributed by atoms with Crippen LogP contribution in [0.1, 0.15) is 21.9 Å². The summed E-state index contributed by atoms with van der Waals surface area (Å²) in [6.45, 7) is 0.0487. The zero-order chi connectivity index (χ0) is 18.5. The minimum Gasteiger partial charge on any atom is -0.455 e. The van der Waals surface area contributed by atoms with E-state index in [1.165, 1.54) is 12.1 Å². The molecule has 1 aromatic heterocycles. The third-order valence-electron chi connectivity index (χ3n) is 3.64. The number of amides is 1. The summed E-state index contributed by atoms with van der Waals surface area (Å²) in [6, 6.07) is 16.1. The number of hydrogen-bond acceptors (Lipinski definition) is 3. The fraction of sp³-hybridized carbons (Fsp3) is 0.105. The van der Waals surface area contributed by atoms with Crippen LogP contribution in [0.4, 0.5) is 4.39 Å². The molecule has 3 aromatic rings. The van der Waals surface area contributed by atoms with Crippen molar-refractivity contribution in [1.29, 1.82) is 0 Å². The van der Waals surface area contributed by atoms with Crippen molar-refractivity contribution in [3.05, 3.63) is 88.6 Å². The maximum atomic E-state index is 13.6. The molecule has 4 nitrogen and oxygen atoms in total. The van der Waals surface area contributed by atoms with Gasteiger partial charge in [-0.25, -0.2) is 4.39 Å². The van der Waals surface area contributed by atoms with Gasteiger partial charge < -0.3 is 9.73 Å². The van der Waals surface area contributed by atoms with Gasteiger partial charge in [0.15, 0.2) is 5.76 Å². The van der Waals surface area contributed by atoms with Crippen LogP contribution in [0.2, 0.25) is 5.02 Å². The van der Waals surface area contributed by atoms with Crippen molar-refractivity contribution in [3.63, 3.8) is 0 Å².